The molecule has 6 heteroatoms. The molecule has 0 unspecified atom stereocenters. The van der Waals surface area contributed by atoms with Gasteiger partial charge in [-0.2, -0.15) is 13.2 Å². The summed E-state index contributed by atoms with van der Waals surface area (Å²) in [5.41, 5.74) is 0.0380. The fourth-order valence-electron chi connectivity index (χ4n) is 1.69. The molecule has 0 saturated heterocycles. The summed E-state index contributed by atoms with van der Waals surface area (Å²) in [5, 5.41) is 2.96. The van der Waals surface area contributed by atoms with E-state index >= 15 is 0 Å². The van der Waals surface area contributed by atoms with Gasteiger partial charge in [0, 0.05) is 15.8 Å². The Balaban J connectivity index is 2.13. The van der Waals surface area contributed by atoms with Crippen molar-refractivity contribution in [2.75, 3.05) is 5.32 Å². The predicted octanol–water partition coefficient (Wildman–Crippen LogP) is 5.06. The van der Waals surface area contributed by atoms with Crippen LogP contribution < -0.4 is 5.32 Å². The van der Waals surface area contributed by atoms with E-state index in [9.17, 15) is 17.6 Å². The van der Waals surface area contributed by atoms with Gasteiger partial charge in [-0.1, -0.05) is 0 Å². The molecule has 0 aromatic heterocycles. The lowest BCUT2D eigenvalue weighted by atomic mass is 10.1. The zero-order valence-corrected chi connectivity index (χ0v) is 12.3. The molecule has 1 nitrogen and oxygen atoms in total. The number of hydrogen-bond donors (Lipinski definition) is 1. The molecule has 0 saturated carbocycles. The Hall–Kier alpha value is -1.31. The van der Waals surface area contributed by atoms with E-state index in [-0.39, 0.29) is 12.1 Å². The van der Waals surface area contributed by atoms with Gasteiger partial charge >= 0.3 is 6.18 Å². The normalized spacial score (nSPS) is 11.4. The first-order valence-electron chi connectivity index (χ1n) is 5.71. The van der Waals surface area contributed by atoms with Crippen LogP contribution in [0.1, 0.15) is 11.1 Å². The number of anilines is 1. The molecule has 1 N–H and O–H groups in total. The Labute approximate surface area is 127 Å². The molecular formula is C14H10F4IN. The zero-order valence-electron chi connectivity index (χ0n) is 10.1. The second-order valence-electron chi connectivity index (χ2n) is 4.21. The van der Waals surface area contributed by atoms with Crippen LogP contribution in [-0.4, -0.2) is 0 Å². The molecule has 0 spiro atoms. The number of benzene rings is 2. The van der Waals surface area contributed by atoms with Gasteiger partial charge in [0.2, 0.25) is 0 Å². The molecule has 0 atom stereocenters. The minimum absolute atomic E-state index is 0.126. The van der Waals surface area contributed by atoms with Crippen molar-refractivity contribution in [2.45, 2.75) is 12.7 Å². The molecule has 0 aliphatic rings. The molecule has 0 heterocycles. The number of nitrogens with one attached hydrogen (secondary N) is 1. The summed E-state index contributed by atoms with van der Waals surface area (Å²) in [6, 6.07) is 9.90. The SMILES string of the molecule is Fc1cc(CNc2ccc(I)cc2)cc(C(F)(F)F)c1. The van der Waals surface area contributed by atoms with Crippen LogP contribution in [0, 0.1) is 9.39 Å². The van der Waals surface area contributed by atoms with Crippen molar-refractivity contribution in [1.29, 1.82) is 0 Å². The Kier molecular flexibility index (Phi) is 4.52. The fourth-order valence-corrected chi connectivity index (χ4v) is 2.05. The predicted molar refractivity (Wildman–Crippen MR) is 77.9 cm³/mol. The highest BCUT2D eigenvalue weighted by Crippen LogP contribution is 2.30. The van der Waals surface area contributed by atoms with E-state index in [1.54, 1.807) is 0 Å². The summed E-state index contributed by atoms with van der Waals surface area (Å²) < 4.78 is 52.0. The van der Waals surface area contributed by atoms with Gasteiger partial charge in [0.25, 0.3) is 0 Å². The summed E-state index contributed by atoms with van der Waals surface area (Å²) in [6.45, 7) is 0.126. The number of hydrogen-bond acceptors (Lipinski definition) is 1. The third-order valence-corrected chi connectivity index (χ3v) is 3.34. The van der Waals surface area contributed by atoms with E-state index in [2.05, 4.69) is 27.9 Å². The molecule has 0 radical (unpaired) electrons. The lowest BCUT2D eigenvalue weighted by molar-refractivity contribution is -0.137. The molecule has 106 valence electrons. The monoisotopic (exact) mass is 395 g/mol. The first-order valence-corrected chi connectivity index (χ1v) is 6.78. The van der Waals surface area contributed by atoms with E-state index < -0.39 is 17.6 Å². The van der Waals surface area contributed by atoms with Crippen LogP contribution in [0.25, 0.3) is 0 Å². The molecular weight excluding hydrogens is 385 g/mol. The average molecular weight is 395 g/mol. The Bertz CT molecular complexity index is 593. The van der Waals surface area contributed by atoms with Crippen molar-refractivity contribution >= 4 is 28.3 Å². The van der Waals surface area contributed by atoms with Crippen molar-refractivity contribution in [2.24, 2.45) is 0 Å². The van der Waals surface area contributed by atoms with Crippen LogP contribution in [0.3, 0.4) is 0 Å². The molecule has 20 heavy (non-hydrogen) atoms. The molecule has 0 aliphatic heterocycles. The molecule has 2 rings (SSSR count). The second kappa shape index (κ2) is 5.99. The van der Waals surface area contributed by atoms with E-state index in [1.165, 1.54) is 0 Å². The lowest BCUT2D eigenvalue weighted by Gasteiger charge is -2.11. The van der Waals surface area contributed by atoms with Crippen molar-refractivity contribution < 1.29 is 17.6 Å². The van der Waals surface area contributed by atoms with Crippen molar-refractivity contribution in [1.82, 2.24) is 0 Å². The first kappa shape index (κ1) is 15.1. The first-order chi connectivity index (χ1) is 9.34. The van der Waals surface area contributed by atoms with Gasteiger partial charge in [-0.25, -0.2) is 4.39 Å². The van der Waals surface area contributed by atoms with Crippen molar-refractivity contribution in [3.8, 4) is 0 Å². The highest BCUT2D eigenvalue weighted by Gasteiger charge is 2.31. The number of alkyl halides is 3. The Morgan fingerprint density at radius 2 is 1.65 bits per heavy atom. The zero-order chi connectivity index (χ0) is 14.8. The van der Waals surface area contributed by atoms with Gasteiger partial charge in [0.1, 0.15) is 5.82 Å². The standard InChI is InChI=1S/C14H10F4IN/c15-11-6-9(5-10(7-11)14(16,17)18)8-20-13-3-1-12(19)2-4-13/h1-7,20H,8H2. The molecule has 2 aromatic carbocycles. The molecule has 0 bridgehead atoms. The van der Waals surface area contributed by atoms with Crippen LogP contribution in [-0.2, 0) is 12.7 Å². The topological polar surface area (TPSA) is 12.0 Å². The van der Waals surface area contributed by atoms with E-state index in [1.807, 2.05) is 24.3 Å². The van der Waals surface area contributed by atoms with Gasteiger partial charge < -0.3 is 5.32 Å². The number of rotatable bonds is 3. The molecule has 0 fully saturated rings. The van der Waals surface area contributed by atoms with Crippen LogP contribution >= 0.6 is 22.6 Å². The smallest absolute Gasteiger partial charge is 0.381 e. The Morgan fingerprint density at radius 3 is 2.25 bits per heavy atom. The largest absolute Gasteiger partial charge is 0.416 e. The lowest BCUT2D eigenvalue weighted by Crippen LogP contribution is -2.08. The van der Waals surface area contributed by atoms with E-state index in [4.69, 9.17) is 0 Å². The maximum absolute atomic E-state index is 13.2. The van der Waals surface area contributed by atoms with Gasteiger partial charge in [0.05, 0.1) is 5.56 Å². The number of halogens is 5. The maximum atomic E-state index is 13.2. The minimum Gasteiger partial charge on any atom is -0.381 e. The molecule has 0 aliphatic carbocycles. The summed E-state index contributed by atoms with van der Waals surface area (Å²) in [6.07, 6.45) is -4.54. The van der Waals surface area contributed by atoms with Crippen molar-refractivity contribution in [3.05, 3.63) is 63.0 Å². The van der Waals surface area contributed by atoms with Crippen LogP contribution in [0.2, 0.25) is 0 Å². The fraction of sp³-hybridized carbons (Fsp3) is 0.143. The highest BCUT2D eigenvalue weighted by atomic mass is 127. The summed E-state index contributed by atoms with van der Waals surface area (Å²) >= 11 is 2.15. The average Bonchev–Trinajstić information content (AvgIpc) is 2.36. The minimum atomic E-state index is -4.54. The Morgan fingerprint density at radius 1 is 1.00 bits per heavy atom. The van der Waals surface area contributed by atoms with E-state index in [0.29, 0.717) is 6.07 Å². The van der Waals surface area contributed by atoms with Crippen LogP contribution in [0.15, 0.2) is 42.5 Å². The summed E-state index contributed by atoms with van der Waals surface area (Å²) in [7, 11) is 0. The third kappa shape index (κ3) is 4.09. The summed E-state index contributed by atoms with van der Waals surface area (Å²) in [5.74, 6) is -0.890. The van der Waals surface area contributed by atoms with Gasteiger partial charge in [-0.05, 0) is 70.6 Å². The van der Waals surface area contributed by atoms with Crippen molar-refractivity contribution in [3.63, 3.8) is 0 Å². The third-order valence-electron chi connectivity index (χ3n) is 2.63. The molecule has 2 aromatic rings. The quantitative estimate of drug-likeness (QED) is 0.566. The molecule has 0 amide bonds. The van der Waals surface area contributed by atoms with E-state index in [0.717, 1.165) is 21.4 Å². The maximum Gasteiger partial charge on any atom is 0.416 e. The van der Waals surface area contributed by atoms with Gasteiger partial charge in [-0.15, -0.1) is 0 Å². The van der Waals surface area contributed by atoms with Gasteiger partial charge in [0.15, 0.2) is 0 Å². The summed E-state index contributed by atoms with van der Waals surface area (Å²) in [4.78, 5) is 0. The van der Waals surface area contributed by atoms with Crippen LogP contribution in [0.4, 0.5) is 23.2 Å². The van der Waals surface area contributed by atoms with Crippen LogP contribution in [0.5, 0.6) is 0 Å². The second-order valence-corrected chi connectivity index (χ2v) is 5.45. The highest BCUT2D eigenvalue weighted by molar-refractivity contribution is 14.1. The van der Waals surface area contributed by atoms with Gasteiger partial charge in [-0.3, -0.25) is 0 Å².